The lowest BCUT2D eigenvalue weighted by atomic mass is 10.1. The number of hydrogen-bond acceptors (Lipinski definition) is 6. The van der Waals surface area contributed by atoms with Crippen molar-refractivity contribution in [1.29, 1.82) is 0 Å². The van der Waals surface area contributed by atoms with Gasteiger partial charge in [-0.25, -0.2) is 4.68 Å². The van der Waals surface area contributed by atoms with Gasteiger partial charge in [-0.1, -0.05) is 17.3 Å². The first kappa shape index (κ1) is 17.5. The van der Waals surface area contributed by atoms with E-state index >= 15 is 0 Å². The molecule has 26 heavy (non-hydrogen) atoms. The molecular formula is C19H28N6O. The van der Waals surface area contributed by atoms with Crippen molar-refractivity contribution < 1.29 is 4.74 Å². The Bertz CT molecular complexity index is 681. The molecule has 2 aromatic rings. The monoisotopic (exact) mass is 356 g/mol. The van der Waals surface area contributed by atoms with Crippen molar-refractivity contribution in [2.24, 2.45) is 0 Å². The van der Waals surface area contributed by atoms with Gasteiger partial charge in [-0.15, -0.1) is 5.10 Å². The molecule has 0 bridgehead atoms. The predicted molar refractivity (Wildman–Crippen MR) is 101 cm³/mol. The minimum atomic E-state index is 0.347. The van der Waals surface area contributed by atoms with E-state index in [2.05, 4.69) is 63.4 Å². The van der Waals surface area contributed by atoms with Gasteiger partial charge in [0.2, 0.25) is 0 Å². The second-order valence-corrected chi connectivity index (χ2v) is 7.44. The number of likely N-dealkylation sites (tertiary alicyclic amines) is 1. The van der Waals surface area contributed by atoms with Crippen LogP contribution in [0.5, 0.6) is 0 Å². The molecule has 0 spiro atoms. The van der Waals surface area contributed by atoms with Crippen LogP contribution in [0.3, 0.4) is 0 Å². The highest BCUT2D eigenvalue weighted by Gasteiger charge is 2.35. The lowest BCUT2D eigenvalue weighted by molar-refractivity contribution is 0.122. The van der Waals surface area contributed by atoms with Gasteiger partial charge in [0.05, 0.1) is 25.5 Å². The van der Waals surface area contributed by atoms with Crippen LogP contribution in [0.1, 0.15) is 11.6 Å². The Balaban J connectivity index is 1.41. The van der Waals surface area contributed by atoms with Crippen LogP contribution in [0.4, 0.5) is 5.69 Å². The average Bonchev–Trinajstić information content (AvgIpc) is 3.32. The maximum absolute atomic E-state index is 5.44. The standard InChI is InChI=1S/C19H28N6O/c1-22(2)18-14-23(15-19(18)25-8-7-20-21-25)13-16-3-5-17(6-4-16)24-9-11-26-12-10-24/h3-8,18-19H,9-15H2,1-2H3/t18-,19+/m1/s1. The number of likely N-dealkylation sites (N-methyl/N-ethyl adjacent to an activating group) is 1. The van der Waals surface area contributed by atoms with Crippen molar-refractivity contribution in [3.05, 3.63) is 42.2 Å². The first-order valence-electron chi connectivity index (χ1n) is 9.37. The fourth-order valence-electron chi connectivity index (χ4n) is 4.03. The van der Waals surface area contributed by atoms with Gasteiger partial charge in [-0.05, 0) is 31.8 Å². The zero-order chi connectivity index (χ0) is 17.9. The summed E-state index contributed by atoms with van der Waals surface area (Å²) in [4.78, 5) is 7.21. The number of ether oxygens (including phenoxy) is 1. The summed E-state index contributed by atoms with van der Waals surface area (Å²) < 4.78 is 7.45. The van der Waals surface area contributed by atoms with E-state index in [1.54, 1.807) is 6.20 Å². The molecule has 4 rings (SSSR count). The van der Waals surface area contributed by atoms with Gasteiger partial charge >= 0.3 is 0 Å². The molecule has 0 radical (unpaired) electrons. The topological polar surface area (TPSA) is 49.7 Å². The van der Waals surface area contributed by atoms with E-state index in [1.807, 2.05) is 10.9 Å². The van der Waals surface area contributed by atoms with Crippen LogP contribution in [-0.2, 0) is 11.3 Å². The molecule has 2 saturated heterocycles. The summed E-state index contributed by atoms with van der Waals surface area (Å²) in [6.45, 7) is 6.63. The molecule has 2 fully saturated rings. The summed E-state index contributed by atoms with van der Waals surface area (Å²) in [5.41, 5.74) is 2.66. The molecule has 2 aliphatic heterocycles. The van der Waals surface area contributed by atoms with Crippen molar-refractivity contribution >= 4 is 5.69 Å². The van der Waals surface area contributed by atoms with E-state index in [1.165, 1.54) is 11.3 Å². The van der Waals surface area contributed by atoms with Crippen LogP contribution < -0.4 is 4.90 Å². The number of hydrogen-bond donors (Lipinski definition) is 0. The van der Waals surface area contributed by atoms with Crippen LogP contribution in [0.2, 0.25) is 0 Å². The van der Waals surface area contributed by atoms with Gasteiger partial charge < -0.3 is 14.5 Å². The molecule has 1 aromatic carbocycles. The smallest absolute Gasteiger partial charge is 0.0831 e. The molecule has 0 aliphatic carbocycles. The number of nitrogens with zero attached hydrogens (tertiary/aromatic N) is 6. The van der Waals surface area contributed by atoms with Crippen LogP contribution >= 0.6 is 0 Å². The number of morpholine rings is 1. The highest BCUT2D eigenvalue weighted by Crippen LogP contribution is 2.26. The van der Waals surface area contributed by atoms with Gasteiger partial charge in [-0.2, -0.15) is 0 Å². The Kier molecular flexibility index (Phi) is 5.19. The van der Waals surface area contributed by atoms with Crippen LogP contribution in [-0.4, -0.2) is 84.3 Å². The summed E-state index contributed by atoms with van der Waals surface area (Å²) in [6.07, 6.45) is 3.74. The quantitative estimate of drug-likeness (QED) is 0.800. The molecule has 7 nitrogen and oxygen atoms in total. The maximum Gasteiger partial charge on any atom is 0.0831 e. The van der Waals surface area contributed by atoms with Gasteiger partial charge in [0.25, 0.3) is 0 Å². The van der Waals surface area contributed by atoms with Crippen molar-refractivity contribution in [1.82, 2.24) is 24.8 Å². The van der Waals surface area contributed by atoms with E-state index in [0.29, 0.717) is 12.1 Å². The third-order valence-corrected chi connectivity index (χ3v) is 5.50. The molecule has 2 atom stereocenters. The SMILES string of the molecule is CN(C)[C@@H]1CN(Cc2ccc(N3CCOCC3)cc2)C[C@@H]1n1ccnn1. The predicted octanol–water partition coefficient (Wildman–Crippen LogP) is 1.10. The Morgan fingerprint density at radius 1 is 1.12 bits per heavy atom. The highest BCUT2D eigenvalue weighted by atomic mass is 16.5. The lowest BCUT2D eigenvalue weighted by Gasteiger charge is -2.29. The summed E-state index contributed by atoms with van der Waals surface area (Å²) in [5.74, 6) is 0. The molecule has 0 amide bonds. The normalized spacial score (nSPS) is 24.5. The van der Waals surface area contributed by atoms with Gasteiger partial charge in [-0.3, -0.25) is 4.90 Å². The number of anilines is 1. The lowest BCUT2D eigenvalue weighted by Crippen LogP contribution is -2.36. The van der Waals surface area contributed by atoms with Crippen LogP contribution in [0, 0.1) is 0 Å². The minimum Gasteiger partial charge on any atom is -0.378 e. The van der Waals surface area contributed by atoms with Crippen LogP contribution in [0.15, 0.2) is 36.7 Å². The Hall–Kier alpha value is -1.96. The van der Waals surface area contributed by atoms with Crippen molar-refractivity contribution in [2.45, 2.75) is 18.6 Å². The van der Waals surface area contributed by atoms with Gasteiger partial charge in [0.15, 0.2) is 0 Å². The summed E-state index contributed by atoms with van der Waals surface area (Å²) in [7, 11) is 4.30. The maximum atomic E-state index is 5.44. The first-order valence-corrected chi connectivity index (χ1v) is 9.37. The van der Waals surface area contributed by atoms with E-state index < -0.39 is 0 Å². The van der Waals surface area contributed by atoms with E-state index in [4.69, 9.17) is 4.74 Å². The Morgan fingerprint density at radius 3 is 2.54 bits per heavy atom. The number of rotatable bonds is 5. The molecule has 0 unspecified atom stereocenters. The molecule has 2 aliphatic rings. The van der Waals surface area contributed by atoms with Crippen molar-refractivity contribution in [3.63, 3.8) is 0 Å². The molecule has 1 aromatic heterocycles. The van der Waals surface area contributed by atoms with Gasteiger partial charge in [0.1, 0.15) is 0 Å². The Labute approximate surface area is 155 Å². The molecule has 3 heterocycles. The minimum absolute atomic E-state index is 0.347. The third-order valence-electron chi connectivity index (χ3n) is 5.50. The average molecular weight is 356 g/mol. The second-order valence-electron chi connectivity index (χ2n) is 7.44. The number of aromatic nitrogens is 3. The Morgan fingerprint density at radius 2 is 1.88 bits per heavy atom. The van der Waals surface area contributed by atoms with Gasteiger partial charge in [0, 0.05) is 50.6 Å². The van der Waals surface area contributed by atoms with Crippen molar-refractivity contribution in [2.75, 3.05) is 58.4 Å². The molecule has 0 saturated carbocycles. The molecule has 7 heteroatoms. The first-order chi connectivity index (χ1) is 12.7. The molecule has 0 N–H and O–H groups in total. The zero-order valence-corrected chi connectivity index (χ0v) is 15.7. The highest BCUT2D eigenvalue weighted by molar-refractivity contribution is 5.47. The van der Waals surface area contributed by atoms with E-state index in [0.717, 1.165) is 45.9 Å². The molecular weight excluding hydrogens is 328 g/mol. The molecule has 140 valence electrons. The van der Waals surface area contributed by atoms with Crippen LogP contribution in [0.25, 0.3) is 0 Å². The zero-order valence-electron chi connectivity index (χ0n) is 15.7. The fraction of sp³-hybridized carbons (Fsp3) is 0.579. The summed E-state index contributed by atoms with van der Waals surface area (Å²) in [5, 5.41) is 8.22. The second kappa shape index (κ2) is 7.73. The van der Waals surface area contributed by atoms with Crippen molar-refractivity contribution in [3.8, 4) is 0 Å². The largest absolute Gasteiger partial charge is 0.378 e. The number of benzene rings is 1. The fourth-order valence-corrected chi connectivity index (χ4v) is 4.03. The van der Waals surface area contributed by atoms with E-state index in [9.17, 15) is 0 Å². The third kappa shape index (κ3) is 3.75. The summed E-state index contributed by atoms with van der Waals surface area (Å²) >= 11 is 0. The summed E-state index contributed by atoms with van der Waals surface area (Å²) in [6, 6.07) is 9.81. The van der Waals surface area contributed by atoms with E-state index in [-0.39, 0.29) is 0 Å².